The van der Waals surface area contributed by atoms with Crippen molar-refractivity contribution in [3.63, 3.8) is 0 Å². The average molecular weight is 211 g/mol. The van der Waals surface area contributed by atoms with Gasteiger partial charge in [0.15, 0.2) is 0 Å². The highest BCUT2D eigenvalue weighted by Crippen LogP contribution is 2.28. The normalized spacial score (nSPS) is 12.1. The second-order valence-electron chi connectivity index (χ2n) is 3.16. The third-order valence-corrected chi connectivity index (χ3v) is 1.80. The van der Waals surface area contributed by atoms with E-state index in [9.17, 15) is 4.79 Å². The summed E-state index contributed by atoms with van der Waals surface area (Å²) in [4.78, 5) is 10.7. The molecule has 0 fully saturated rings. The quantitative estimate of drug-likeness (QED) is 0.362. The maximum absolute atomic E-state index is 10.7. The number of rotatable bonds is 3. The molecule has 1 aromatic rings. The minimum atomic E-state index is -1.10. The van der Waals surface area contributed by atoms with Gasteiger partial charge in [0.05, 0.1) is 22.6 Å². The number of aromatic carboxylic acids is 1. The average Bonchev–Trinajstić information content (AvgIpc) is 2.10. The molecule has 0 bridgehead atoms. The standard InChI is InChI=1S/C9H13N3O3/c1-4(13)12-8-6(10)2-5(9(14)15)3-7(8)11/h2-4,12-13H,10-11H2,1H3,(H,14,15). The molecule has 0 spiro atoms. The molecule has 1 atom stereocenters. The van der Waals surface area contributed by atoms with E-state index in [0.717, 1.165) is 0 Å². The van der Waals surface area contributed by atoms with Gasteiger partial charge in [-0.2, -0.15) is 0 Å². The highest BCUT2D eigenvalue weighted by Gasteiger charge is 2.11. The van der Waals surface area contributed by atoms with Gasteiger partial charge in [-0.1, -0.05) is 0 Å². The Kier molecular flexibility index (Phi) is 3.01. The summed E-state index contributed by atoms with van der Waals surface area (Å²) < 4.78 is 0. The van der Waals surface area contributed by atoms with E-state index in [0.29, 0.717) is 5.69 Å². The van der Waals surface area contributed by atoms with Crippen molar-refractivity contribution in [2.45, 2.75) is 13.2 Å². The number of hydrogen-bond acceptors (Lipinski definition) is 5. The fourth-order valence-corrected chi connectivity index (χ4v) is 1.19. The van der Waals surface area contributed by atoms with Gasteiger partial charge in [0, 0.05) is 0 Å². The molecule has 1 aromatic carbocycles. The highest BCUT2D eigenvalue weighted by atomic mass is 16.4. The molecule has 15 heavy (non-hydrogen) atoms. The molecule has 82 valence electrons. The first kappa shape index (κ1) is 11.1. The molecule has 0 radical (unpaired) electrons. The molecule has 0 aliphatic carbocycles. The molecule has 6 heteroatoms. The number of nitrogen functional groups attached to an aromatic ring is 2. The van der Waals surface area contributed by atoms with Gasteiger partial charge in [-0.3, -0.25) is 0 Å². The molecular weight excluding hydrogens is 198 g/mol. The van der Waals surface area contributed by atoms with Crippen LogP contribution < -0.4 is 16.8 Å². The van der Waals surface area contributed by atoms with Crippen molar-refractivity contribution in [3.05, 3.63) is 17.7 Å². The van der Waals surface area contributed by atoms with Crippen LogP contribution in [0.15, 0.2) is 12.1 Å². The predicted molar refractivity (Wildman–Crippen MR) is 57.5 cm³/mol. The van der Waals surface area contributed by atoms with Crippen molar-refractivity contribution in [3.8, 4) is 0 Å². The summed E-state index contributed by atoms with van der Waals surface area (Å²) >= 11 is 0. The minimum Gasteiger partial charge on any atom is -0.478 e. The summed E-state index contributed by atoms with van der Waals surface area (Å²) in [5.74, 6) is -1.10. The zero-order chi connectivity index (χ0) is 11.6. The van der Waals surface area contributed by atoms with Crippen LogP contribution >= 0.6 is 0 Å². The van der Waals surface area contributed by atoms with Crippen LogP contribution in [0.2, 0.25) is 0 Å². The van der Waals surface area contributed by atoms with Gasteiger partial charge in [0.2, 0.25) is 0 Å². The lowest BCUT2D eigenvalue weighted by atomic mass is 10.1. The SMILES string of the molecule is CC(O)Nc1c(N)cc(C(=O)O)cc1N. The van der Waals surface area contributed by atoms with E-state index >= 15 is 0 Å². The van der Waals surface area contributed by atoms with E-state index in [1.54, 1.807) is 0 Å². The maximum Gasteiger partial charge on any atom is 0.335 e. The summed E-state index contributed by atoms with van der Waals surface area (Å²) in [7, 11) is 0. The molecule has 1 unspecified atom stereocenters. The van der Waals surface area contributed by atoms with Gasteiger partial charge < -0.3 is 27.0 Å². The van der Waals surface area contributed by atoms with Gasteiger partial charge in [-0.15, -0.1) is 0 Å². The topological polar surface area (TPSA) is 122 Å². The fraction of sp³-hybridized carbons (Fsp3) is 0.222. The summed E-state index contributed by atoms with van der Waals surface area (Å²) in [6.45, 7) is 1.50. The Labute approximate surface area is 86.5 Å². The zero-order valence-electron chi connectivity index (χ0n) is 8.19. The van der Waals surface area contributed by atoms with Crippen LogP contribution in [0.1, 0.15) is 17.3 Å². The van der Waals surface area contributed by atoms with Gasteiger partial charge in [-0.05, 0) is 19.1 Å². The number of hydrogen-bond donors (Lipinski definition) is 5. The number of nitrogens with one attached hydrogen (secondary N) is 1. The third-order valence-electron chi connectivity index (χ3n) is 1.80. The lowest BCUT2D eigenvalue weighted by Gasteiger charge is -2.14. The number of carboxylic acid groups (broad SMARTS) is 1. The molecule has 6 nitrogen and oxygen atoms in total. The van der Waals surface area contributed by atoms with Crippen molar-refractivity contribution < 1.29 is 15.0 Å². The number of aliphatic hydroxyl groups excluding tert-OH is 1. The molecule has 0 aliphatic rings. The molecule has 7 N–H and O–H groups in total. The molecule has 1 rings (SSSR count). The number of carboxylic acids is 1. The van der Waals surface area contributed by atoms with Crippen molar-refractivity contribution in [1.29, 1.82) is 0 Å². The molecule has 0 aliphatic heterocycles. The molecule has 0 saturated carbocycles. The summed E-state index contributed by atoms with van der Waals surface area (Å²) in [6.07, 6.45) is -0.815. The Morgan fingerprint density at radius 1 is 1.40 bits per heavy atom. The van der Waals surface area contributed by atoms with Crippen LogP contribution in [0.25, 0.3) is 0 Å². The first-order chi connectivity index (χ1) is 6.91. The van der Waals surface area contributed by atoms with Crippen LogP contribution in [0, 0.1) is 0 Å². The Morgan fingerprint density at radius 3 is 2.20 bits per heavy atom. The molecule has 0 aromatic heterocycles. The largest absolute Gasteiger partial charge is 0.478 e. The first-order valence-electron chi connectivity index (χ1n) is 4.28. The van der Waals surface area contributed by atoms with Crippen molar-refractivity contribution in [2.24, 2.45) is 0 Å². The number of nitrogens with two attached hydrogens (primary N) is 2. The van der Waals surface area contributed by atoms with Gasteiger partial charge in [0.25, 0.3) is 0 Å². The Bertz CT molecular complexity index is 367. The monoisotopic (exact) mass is 211 g/mol. The number of anilines is 3. The minimum absolute atomic E-state index is 0.0149. The Hall–Kier alpha value is -1.95. The van der Waals surface area contributed by atoms with Gasteiger partial charge in [-0.25, -0.2) is 4.79 Å². The zero-order valence-corrected chi connectivity index (χ0v) is 8.19. The van der Waals surface area contributed by atoms with E-state index in [-0.39, 0.29) is 16.9 Å². The lowest BCUT2D eigenvalue weighted by molar-refractivity contribution is 0.0697. The highest BCUT2D eigenvalue weighted by molar-refractivity contribution is 5.94. The van der Waals surface area contributed by atoms with Crippen LogP contribution in [0.3, 0.4) is 0 Å². The molecule has 0 amide bonds. The second kappa shape index (κ2) is 4.05. The van der Waals surface area contributed by atoms with Crippen LogP contribution in [0.5, 0.6) is 0 Å². The van der Waals surface area contributed by atoms with Crippen molar-refractivity contribution >= 4 is 23.0 Å². The first-order valence-corrected chi connectivity index (χ1v) is 4.28. The number of benzene rings is 1. The van der Waals surface area contributed by atoms with Gasteiger partial charge >= 0.3 is 5.97 Å². The number of carbonyl (C=O) groups is 1. The van der Waals surface area contributed by atoms with Crippen LogP contribution in [-0.2, 0) is 0 Å². The molecule has 0 saturated heterocycles. The van der Waals surface area contributed by atoms with Crippen LogP contribution in [0.4, 0.5) is 17.1 Å². The molecule has 0 heterocycles. The van der Waals surface area contributed by atoms with E-state index in [4.69, 9.17) is 21.7 Å². The fourth-order valence-electron chi connectivity index (χ4n) is 1.19. The van der Waals surface area contributed by atoms with E-state index in [1.807, 2.05) is 0 Å². The van der Waals surface area contributed by atoms with Crippen molar-refractivity contribution in [1.82, 2.24) is 0 Å². The molecular formula is C9H13N3O3. The maximum atomic E-state index is 10.7. The summed E-state index contributed by atoms with van der Waals surface area (Å²) in [6, 6.07) is 2.56. The Balaban J connectivity index is 3.15. The van der Waals surface area contributed by atoms with E-state index in [1.165, 1.54) is 19.1 Å². The third kappa shape index (κ3) is 2.50. The summed E-state index contributed by atoms with van der Waals surface area (Å²) in [5, 5.41) is 20.4. The predicted octanol–water partition coefficient (Wildman–Crippen LogP) is 0.299. The van der Waals surface area contributed by atoms with Crippen molar-refractivity contribution in [2.75, 3.05) is 16.8 Å². The van der Waals surface area contributed by atoms with E-state index in [2.05, 4.69) is 5.32 Å². The smallest absolute Gasteiger partial charge is 0.335 e. The van der Waals surface area contributed by atoms with Gasteiger partial charge in [0.1, 0.15) is 6.23 Å². The van der Waals surface area contributed by atoms with Crippen LogP contribution in [-0.4, -0.2) is 22.4 Å². The lowest BCUT2D eigenvalue weighted by Crippen LogP contribution is -2.16. The second-order valence-corrected chi connectivity index (χ2v) is 3.16. The Morgan fingerprint density at radius 2 is 1.87 bits per heavy atom. The van der Waals surface area contributed by atoms with E-state index < -0.39 is 12.2 Å². The number of aliphatic hydroxyl groups is 1. The summed E-state index contributed by atoms with van der Waals surface area (Å²) in [5.41, 5.74) is 11.9.